The fraction of sp³-hybridized carbons (Fsp3) is 0.759. The van der Waals surface area contributed by atoms with Gasteiger partial charge in [-0.3, -0.25) is 0 Å². The first-order valence-electron chi connectivity index (χ1n) is 14.2. The predicted molar refractivity (Wildman–Crippen MR) is 144 cm³/mol. The van der Waals surface area contributed by atoms with E-state index in [1.54, 1.807) is 12.0 Å². The number of ether oxygens (including phenoxy) is 1. The molecule has 2 amide bonds. The molecule has 1 aliphatic carbocycles. The highest BCUT2D eigenvalue weighted by molar-refractivity contribution is 5.74. The number of aliphatic hydroxyl groups is 2. The highest BCUT2D eigenvalue weighted by atomic mass is 19.2. The second-order valence-electron chi connectivity index (χ2n) is 11.6. The number of carbonyl (C=O) groups excluding carboxylic acids is 1. The van der Waals surface area contributed by atoms with Gasteiger partial charge in [0.2, 0.25) is 0 Å². The molecule has 0 spiro atoms. The van der Waals surface area contributed by atoms with Gasteiger partial charge < -0.3 is 30.5 Å². The summed E-state index contributed by atoms with van der Waals surface area (Å²) < 4.78 is 34.2. The maximum absolute atomic E-state index is 14.9. The van der Waals surface area contributed by atoms with Crippen molar-refractivity contribution in [3.63, 3.8) is 0 Å². The van der Waals surface area contributed by atoms with E-state index in [0.717, 1.165) is 38.2 Å². The monoisotopic (exact) mass is 539 g/mol. The Kier molecular flexibility index (Phi) is 11.3. The number of likely N-dealkylation sites (N-methyl/N-ethyl adjacent to an activating group) is 1. The number of hydrogen-bond donors (Lipinski definition) is 4. The number of nitrogens with one attached hydrogen (secondary N) is 2. The minimum Gasteiger partial charge on any atom is -0.390 e. The minimum absolute atomic E-state index is 0.0385. The molecule has 3 unspecified atom stereocenters. The molecule has 38 heavy (non-hydrogen) atoms. The zero-order valence-corrected chi connectivity index (χ0v) is 23.3. The van der Waals surface area contributed by atoms with E-state index in [1.165, 1.54) is 12.1 Å². The van der Waals surface area contributed by atoms with Gasteiger partial charge in [-0.2, -0.15) is 0 Å². The van der Waals surface area contributed by atoms with Crippen LogP contribution in [-0.4, -0.2) is 73.2 Å². The normalized spacial score (nSPS) is 26.6. The van der Waals surface area contributed by atoms with Crippen LogP contribution < -0.4 is 10.6 Å². The molecule has 4 N–H and O–H groups in total. The van der Waals surface area contributed by atoms with Gasteiger partial charge >= 0.3 is 6.03 Å². The van der Waals surface area contributed by atoms with Crippen LogP contribution >= 0.6 is 0 Å². The Bertz CT molecular complexity index is 893. The number of halogens is 2. The number of piperidine rings is 1. The number of nitrogens with zero attached hydrogens (tertiary/aromatic N) is 1. The van der Waals surface area contributed by atoms with Crippen molar-refractivity contribution in [3.8, 4) is 0 Å². The molecule has 2 fully saturated rings. The lowest BCUT2D eigenvalue weighted by atomic mass is 9.74. The molecule has 1 aliphatic heterocycles. The number of unbranched alkanes of at least 4 members (excludes halogenated alkanes) is 1. The SMILES string of the molecule is CNCC(CC1CCC(C)(O)CC1)NC(=O)N1CCCC(C(O)(CCCCOC)c2cccc(F)c2F)C1. The molecule has 1 aromatic rings. The summed E-state index contributed by atoms with van der Waals surface area (Å²) in [6.07, 6.45) is 7.05. The average molecular weight is 540 g/mol. The second kappa shape index (κ2) is 14.0. The maximum Gasteiger partial charge on any atom is 0.317 e. The largest absolute Gasteiger partial charge is 0.390 e. The van der Waals surface area contributed by atoms with Crippen molar-refractivity contribution in [2.24, 2.45) is 11.8 Å². The van der Waals surface area contributed by atoms with E-state index in [4.69, 9.17) is 4.74 Å². The smallest absolute Gasteiger partial charge is 0.317 e. The molecule has 1 saturated carbocycles. The van der Waals surface area contributed by atoms with Crippen molar-refractivity contribution in [3.05, 3.63) is 35.4 Å². The van der Waals surface area contributed by atoms with Gasteiger partial charge in [-0.1, -0.05) is 12.1 Å². The van der Waals surface area contributed by atoms with Gasteiger partial charge in [0, 0.05) is 50.9 Å². The van der Waals surface area contributed by atoms with E-state index in [0.29, 0.717) is 51.3 Å². The van der Waals surface area contributed by atoms with E-state index < -0.39 is 28.8 Å². The second-order valence-corrected chi connectivity index (χ2v) is 11.6. The summed E-state index contributed by atoms with van der Waals surface area (Å²) >= 11 is 0. The molecule has 9 heteroatoms. The highest BCUT2D eigenvalue weighted by Crippen LogP contribution is 2.41. The predicted octanol–water partition coefficient (Wildman–Crippen LogP) is 4.31. The zero-order valence-electron chi connectivity index (χ0n) is 23.3. The standard InChI is InChI=1S/C29H47F2N3O4/c1-28(36)14-11-21(12-15-28)18-23(19-32-2)33-27(35)34-16-7-8-22(20-34)29(37,13-4-5-17-38-3)24-9-6-10-25(30)26(24)31/h6,9-10,21-23,32,36-37H,4-5,7-8,11-20H2,1-3H3,(H,33,35). The molecule has 2 aliphatic rings. The summed E-state index contributed by atoms with van der Waals surface area (Å²) in [6, 6.07) is 3.68. The molecule has 1 saturated heterocycles. The Morgan fingerprint density at radius 1 is 1.26 bits per heavy atom. The van der Waals surface area contributed by atoms with E-state index in [-0.39, 0.29) is 30.6 Å². The summed E-state index contributed by atoms with van der Waals surface area (Å²) in [6.45, 7) is 3.85. The lowest BCUT2D eigenvalue weighted by molar-refractivity contribution is -0.0592. The fourth-order valence-corrected chi connectivity index (χ4v) is 6.23. The fourth-order valence-electron chi connectivity index (χ4n) is 6.23. The van der Waals surface area contributed by atoms with Crippen molar-refractivity contribution in [1.82, 2.24) is 15.5 Å². The molecule has 3 rings (SSSR count). The average Bonchev–Trinajstić information content (AvgIpc) is 2.89. The van der Waals surface area contributed by atoms with Gasteiger partial charge in [-0.25, -0.2) is 13.6 Å². The van der Waals surface area contributed by atoms with Gasteiger partial charge in [0.25, 0.3) is 0 Å². The van der Waals surface area contributed by atoms with Crippen LogP contribution in [0.2, 0.25) is 0 Å². The molecular formula is C29H47F2N3O4. The van der Waals surface area contributed by atoms with Crippen molar-refractivity contribution in [1.29, 1.82) is 0 Å². The molecule has 0 aromatic heterocycles. The first kappa shape index (κ1) is 30.7. The third-order valence-electron chi connectivity index (χ3n) is 8.54. The van der Waals surface area contributed by atoms with Crippen LogP contribution in [0.3, 0.4) is 0 Å². The summed E-state index contributed by atoms with van der Waals surface area (Å²) in [5, 5.41) is 28.5. The van der Waals surface area contributed by atoms with Crippen molar-refractivity contribution >= 4 is 6.03 Å². The minimum atomic E-state index is -1.59. The van der Waals surface area contributed by atoms with Gasteiger partial charge in [0.15, 0.2) is 11.6 Å². The molecule has 1 heterocycles. The van der Waals surface area contributed by atoms with Crippen molar-refractivity contribution in [2.75, 3.05) is 40.4 Å². The maximum atomic E-state index is 14.9. The van der Waals surface area contributed by atoms with Gasteiger partial charge in [0.1, 0.15) is 0 Å². The van der Waals surface area contributed by atoms with Crippen LogP contribution in [0, 0.1) is 23.5 Å². The number of amides is 2. The number of hydrogen-bond acceptors (Lipinski definition) is 5. The summed E-state index contributed by atoms with van der Waals surface area (Å²) in [4.78, 5) is 15.1. The summed E-state index contributed by atoms with van der Waals surface area (Å²) in [5.74, 6) is -1.99. The van der Waals surface area contributed by atoms with E-state index in [9.17, 15) is 23.8 Å². The molecule has 0 radical (unpaired) electrons. The third kappa shape index (κ3) is 8.10. The van der Waals surface area contributed by atoms with Crippen LogP contribution in [-0.2, 0) is 10.3 Å². The van der Waals surface area contributed by atoms with Crippen molar-refractivity contribution in [2.45, 2.75) is 88.4 Å². The number of urea groups is 1. The third-order valence-corrected chi connectivity index (χ3v) is 8.54. The first-order chi connectivity index (χ1) is 18.1. The number of methoxy groups -OCH3 is 1. The molecular weight excluding hydrogens is 492 g/mol. The van der Waals surface area contributed by atoms with Crippen LogP contribution in [0.15, 0.2) is 18.2 Å². The quantitative estimate of drug-likeness (QED) is 0.297. The number of carbonyl (C=O) groups is 1. The topological polar surface area (TPSA) is 94.1 Å². The number of benzene rings is 1. The van der Waals surface area contributed by atoms with Crippen LogP contribution in [0.1, 0.15) is 76.7 Å². The molecule has 0 bridgehead atoms. The van der Waals surface area contributed by atoms with E-state index >= 15 is 0 Å². The first-order valence-corrected chi connectivity index (χ1v) is 14.2. The van der Waals surface area contributed by atoms with Crippen molar-refractivity contribution < 1.29 is 28.5 Å². The Morgan fingerprint density at radius 3 is 2.68 bits per heavy atom. The molecule has 1 aromatic carbocycles. The highest BCUT2D eigenvalue weighted by Gasteiger charge is 2.43. The van der Waals surface area contributed by atoms with E-state index in [1.807, 2.05) is 14.0 Å². The Hall–Kier alpha value is -1.81. The van der Waals surface area contributed by atoms with Crippen LogP contribution in [0.25, 0.3) is 0 Å². The molecule has 7 nitrogen and oxygen atoms in total. The lowest BCUT2D eigenvalue weighted by Crippen LogP contribution is -2.54. The number of likely N-dealkylation sites (tertiary alicyclic amines) is 1. The summed E-state index contributed by atoms with van der Waals surface area (Å²) in [5.41, 5.74) is -2.23. The van der Waals surface area contributed by atoms with Gasteiger partial charge in [0.05, 0.1) is 11.2 Å². The van der Waals surface area contributed by atoms with Crippen LogP contribution in [0.5, 0.6) is 0 Å². The zero-order chi connectivity index (χ0) is 27.8. The van der Waals surface area contributed by atoms with E-state index in [2.05, 4.69) is 10.6 Å². The van der Waals surface area contributed by atoms with Gasteiger partial charge in [-0.05, 0) is 90.2 Å². The Labute approximate surface area is 226 Å². The lowest BCUT2D eigenvalue weighted by Gasteiger charge is -2.43. The Morgan fingerprint density at radius 2 is 2.00 bits per heavy atom. The Balaban J connectivity index is 1.70. The molecule has 216 valence electrons. The van der Waals surface area contributed by atoms with Gasteiger partial charge in [-0.15, -0.1) is 0 Å². The van der Waals surface area contributed by atoms with Crippen LogP contribution in [0.4, 0.5) is 13.6 Å². The molecule has 3 atom stereocenters. The number of rotatable bonds is 12. The summed E-state index contributed by atoms with van der Waals surface area (Å²) in [7, 11) is 3.47.